The topological polar surface area (TPSA) is 54.4 Å². The lowest BCUT2D eigenvalue weighted by atomic mass is 10.1. The Kier molecular flexibility index (Phi) is 2.86. The smallest absolute Gasteiger partial charge is 0.303 e. The Balaban J connectivity index is 2.25. The van der Waals surface area contributed by atoms with E-state index in [1.54, 1.807) is 6.08 Å². The molecule has 0 amide bonds. The van der Waals surface area contributed by atoms with Gasteiger partial charge in [-0.2, -0.15) is 0 Å². The maximum Gasteiger partial charge on any atom is 0.303 e. The Morgan fingerprint density at radius 1 is 1.25 bits per heavy atom. The van der Waals surface area contributed by atoms with E-state index in [0.29, 0.717) is 12.8 Å². The second-order valence-corrected chi connectivity index (χ2v) is 3.82. The van der Waals surface area contributed by atoms with E-state index < -0.39 is 5.97 Å². The van der Waals surface area contributed by atoms with Crippen LogP contribution in [-0.2, 0) is 9.59 Å². The molecule has 1 aliphatic rings. The molecule has 1 aliphatic carbocycles. The molecular formula is C13H12O3. The number of Topliss-reactive ketones (excluding diaryl/α,β-unsaturated/α-hetero) is 1. The summed E-state index contributed by atoms with van der Waals surface area (Å²) >= 11 is 0. The van der Waals surface area contributed by atoms with E-state index in [1.165, 1.54) is 0 Å². The van der Waals surface area contributed by atoms with Crippen LogP contribution in [0.5, 0.6) is 0 Å². The summed E-state index contributed by atoms with van der Waals surface area (Å²) in [5.41, 5.74) is 0.747. The lowest BCUT2D eigenvalue weighted by Crippen LogP contribution is -2.22. The number of fused-ring (bicyclic) bond motifs is 1. The van der Waals surface area contributed by atoms with Crippen molar-refractivity contribution in [1.82, 2.24) is 0 Å². The Hall–Kier alpha value is -1.90. The first-order valence-corrected chi connectivity index (χ1v) is 5.24. The van der Waals surface area contributed by atoms with Crippen molar-refractivity contribution in [2.75, 3.05) is 0 Å². The minimum Gasteiger partial charge on any atom is -0.481 e. The van der Waals surface area contributed by atoms with E-state index in [-0.39, 0.29) is 12.2 Å². The fraction of sp³-hybridized carbons (Fsp3) is 0.231. The van der Waals surface area contributed by atoms with Crippen molar-refractivity contribution in [3.05, 3.63) is 34.7 Å². The SMILES string of the molecule is O=C(O)CCCC1=c2ccccc2=CC1=O. The minimum atomic E-state index is -0.816. The molecule has 0 radical (unpaired) electrons. The van der Waals surface area contributed by atoms with Gasteiger partial charge < -0.3 is 5.11 Å². The quantitative estimate of drug-likeness (QED) is 0.795. The van der Waals surface area contributed by atoms with Crippen molar-refractivity contribution in [3.8, 4) is 0 Å². The standard InChI is InChI=1S/C13H12O3/c14-12-8-9-4-1-2-5-10(9)11(12)6-3-7-13(15)16/h1-2,4-5,8H,3,6-7H2,(H,15,16). The minimum absolute atomic E-state index is 0.0200. The Labute approximate surface area is 92.7 Å². The van der Waals surface area contributed by atoms with Crippen LogP contribution in [-0.4, -0.2) is 16.9 Å². The molecule has 0 saturated heterocycles. The van der Waals surface area contributed by atoms with Crippen molar-refractivity contribution in [2.24, 2.45) is 0 Å². The molecule has 0 heterocycles. The maximum atomic E-state index is 11.7. The Morgan fingerprint density at radius 2 is 2.00 bits per heavy atom. The van der Waals surface area contributed by atoms with Crippen molar-refractivity contribution in [2.45, 2.75) is 19.3 Å². The van der Waals surface area contributed by atoms with Gasteiger partial charge in [-0.05, 0) is 29.4 Å². The molecule has 1 N–H and O–H groups in total. The molecule has 0 saturated carbocycles. The number of aliphatic carboxylic acids is 1. The molecule has 0 fully saturated rings. The molecule has 0 aromatic heterocycles. The molecule has 0 atom stereocenters. The number of carbonyl (C=O) groups is 2. The zero-order valence-electron chi connectivity index (χ0n) is 8.77. The zero-order valence-corrected chi connectivity index (χ0v) is 8.77. The van der Waals surface area contributed by atoms with E-state index in [1.807, 2.05) is 24.3 Å². The maximum absolute atomic E-state index is 11.7. The van der Waals surface area contributed by atoms with Gasteiger partial charge in [-0.1, -0.05) is 24.3 Å². The monoisotopic (exact) mass is 216 g/mol. The number of ketones is 1. The lowest BCUT2D eigenvalue weighted by Gasteiger charge is -1.98. The van der Waals surface area contributed by atoms with Gasteiger partial charge in [0.1, 0.15) is 0 Å². The second kappa shape index (κ2) is 4.31. The summed E-state index contributed by atoms with van der Waals surface area (Å²) in [6.07, 6.45) is 2.78. The number of benzene rings is 1. The van der Waals surface area contributed by atoms with Crippen LogP contribution in [0.4, 0.5) is 0 Å². The Bertz CT molecular complexity index is 555. The van der Waals surface area contributed by atoms with Crippen LogP contribution in [0.25, 0.3) is 11.6 Å². The van der Waals surface area contributed by atoms with Crippen LogP contribution >= 0.6 is 0 Å². The molecule has 3 heteroatoms. The van der Waals surface area contributed by atoms with Crippen molar-refractivity contribution < 1.29 is 14.7 Å². The van der Waals surface area contributed by atoms with Gasteiger partial charge in [0.15, 0.2) is 5.78 Å². The summed E-state index contributed by atoms with van der Waals surface area (Å²) in [6.45, 7) is 0. The number of carboxylic acid groups (broad SMARTS) is 1. The van der Waals surface area contributed by atoms with E-state index in [9.17, 15) is 9.59 Å². The predicted octanol–water partition coefficient (Wildman–Crippen LogP) is 0.455. The molecule has 0 aliphatic heterocycles. The van der Waals surface area contributed by atoms with Crippen LogP contribution in [0.2, 0.25) is 0 Å². The first kappa shape index (κ1) is 10.6. The molecule has 0 bridgehead atoms. The van der Waals surface area contributed by atoms with Crippen LogP contribution in [0.3, 0.4) is 0 Å². The summed E-state index contributed by atoms with van der Waals surface area (Å²) in [6, 6.07) is 7.59. The highest BCUT2D eigenvalue weighted by Gasteiger charge is 2.13. The first-order chi connectivity index (χ1) is 7.68. The van der Waals surface area contributed by atoms with Crippen LogP contribution in [0, 0.1) is 0 Å². The van der Waals surface area contributed by atoms with Gasteiger partial charge in [0.2, 0.25) is 0 Å². The van der Waals surface area contributed by atoms with Gasteiger partial charge in [-0.15, -0.1) is 0 Å². The Morgan fingerprint density at radius 3 is 2.75 bits per heavy atom. The van der Waals surface area contributed by atoms with Crippen LogP contribution in [0.1, 0.15) is 19.3 Å². The number of rotatable bonds is 4. The largest absolute Gasteiger partial charge is 0.481 e. The molecule has 0 unspecified atom stereocenters. The zero-order chi connectivity index (χ0) is 11.5. The van der Waals surface area contributed by atoms with Gasteiger partial charge in [0, 0.05) is 12.0 Å². The molecule has 0 spiro atoms. The number of hydrogen-bond acceptors (Lipinski definition) is 2. The third-order valence-corrected chi connectivity index (χ3v) is 2.69. The van der Waals surface area contributed by atoms with E-state index >= 15 is 0 Å². The average molecular weight is 216 g/mol. The molecule has 2 rings (SSSR count). The fourth-order valence-corrected chi connectivity index (χ4v) is 1.93. The summed E-state index contributed by atoms with van der Waals surface area (Å²) in [4.78, 5) is 22.1. The number of carboxylic acids is 1. The summed E-state index contributed by atoms with van der Waals surface area (Å²) in [5, 5.41) is 10.4. The normalized spacial score (nSPS) is 13.5. The molecular weight excluding hydrogens is 204 g/mol. The summed E-state index contributed by atoms with van der Waals surface area (Å²) in [5.74, 6) is -0.796. The molecule has 16 heavy (non-hydrogen) atoms. The van der Waals surface area contributed by atoms with Gasteiger partial charge >= 0.3 is 5.97 Å². The van der Waals surface area contributed by atoms with E-state index in [2.05, 4.69) is 0 Å². The van der Waals surface area contributed by atoms with Gasteiger partial charge in [-0.3, -0.25) is 9.59 Å². The molecule has 1 aromatic rings. The molecule has 3 nitrogen and oxygen atoms in total. The van der Waals surface area contributed by atoms with Crippen LogP contribution in [0.15, 0.2) is 24.3 Å². The van der Waals surface area contributed by atoms with Gasteiger partial charge in [-0.25, -0.2) is 0 Å². The summed E-state index contributed by atoms with van der Waals surface area (Å²) < 4.78 is 0. The third kappa shape index (κ3) is 2.03. The average Bonchev–Trinajstić information content (AvgIpc) is 2.55. The lowest BCUT2D eigenvalue weighted by molar-refractivity contribution is -0.137. The van der Waals surface area contributed by atoms with Crippen molar-refractivity contribution in [3.63, 3.8) is 0 Å². The first-order valence-electron chi connectivity index (χ1n) is 5.24. The van der Waals surface area contributed by atoms with Crippen molar-refractivity contribution >= 4 is 23.4 Å². The molecule has 1 aromatic carbocycles. The second-order valence-electron chi connectivity index (χ2n) is 3.82. The van der Waals surface area contributed by atoms with Gasteiger partial charge in [0.05, 0.1) is 0 Å². The highest BCUT2D eigenvalue weighted by Crippen LogP contribution is 2.11. The highest BCUT2D eigenvalue weighted by atomic mass is 16.4. The number of hydrogen-bond donors (Lipinski definition) is 1. The van der Waals surface area contributed by atoms with E-state index in [4.69, 9.17) is 5.11 Å². The van der Waals surface area contributed by atoms with Crippen LogP contribution < -0.4 is 10.4 Å². The molecule has 82 valence electrons. The van der Waals surface area contributed by atoms with Crippen molar-refractivity contribution in [1.29, 1.82) is 0 Å². The van der Waals surface area contributed by atoms with Gasteiger partial charge in [0.25, 0.3) is 0 Å². The third-order valence-electron chi connectivity index (χ3n) is 2.69. The highest BCUT2D eigenvalue weighted by molar-refractivity contribution is 6.32. The summed E-state index contributed by atoms with van der Waals surface area (Å²) in [7, 11) is 0. The van der Waals surface area contributed by atoms with E-state index in [0.717, 1.165) is 16.0 Å². The fourth-order valence-electron chi connectivity index (χ4n) is 1.93. The number of carbonyl (C=O) groups excluding carboxylic acids is 1. The predicted molar refractivity (Wildman–Crippen MR) is 60.1 cm³/mol.